The van der Waals surface area contributed by atoms with Crippen LogP contribution in [0, 0.1) is 0 Å². The summed E-state index contributed by atoms with van der Waals surface area (Å²) in [7, 11) is 3.46. The van der Waals surface area contributed by atoms with Crippen molar-refractivity contribution in [3.05, 3.63) is 48.0 Å². The summed E-state index contributed by atoms with van der Waals surface area (Å²) in [5, 5.41) is 12.0. The number of ether oxygens (including phenoxy) is 1. The first-order valence-corrected chi connectivity index (χ1v) is 7.20. The first-order chi connectivity index (χ1) is 11.1. The number of nitrogens with zero attached hydrogens (tertiary/aromatic N) is 2. The number of fused-ring (bicyclic) bond motifs is 4. The summed E-state index contributed by atoms with van der Waals surface area (Å²) in [5.74, 6) is -0.353. The Bertz CT molecular complexity index is 1100. The van der Waals surface area contributed by atoms with Gasteiger partial charge in [-0.1, -0.05) is 18.2 Å². The van der Waals surface area contributed by atoms with Gasteiger partial charge in [0.2, 0.25) is 0 Å². The molecule has 0 saturated heterocycles. The van der Waals surface area contributed by atoms with Crippen LogP contribution in [0.15, 0.2) is 42.5 Å². The maximum Gasteiger partial charge on any atom is 0.337 e. The van der Waals surface area contributed by atoms with Crippen molar-refractivity contribution >= 4 is 38.8 Å². The zero-order valence-electron chi connectivity index (χ0n) is 12.7. The molecule has 0 spiro atoms. The maximum absolute atomic E-state index is 12.0. The third kappa shape index (κ3) is 1.80. The average Bonchev–Trinajstić information content (AvgIpc) is 2.85. The molecular formula is C18H14N2O3. The number of aromatic nitrogens is 2. The largest absolute Gasteiger partial charge is 0.497 e. The topological polar surface area (TPSA) is 64.3 Å². The molecule has 4 rings (SSSR count). The lowest BCUT2D eigenvalue weighted by Crippen LogP contribution is -2.01. The highest BCUT2D eigenvalue weighted by Crippen LogP contribution is 2.35. The molecule has 5 nitrogen and oxygen atoms in total. The SMILES string of the molecule is COc1ccc2nc3c(c(C(=O)O)c2c1)c1ccccc1n3C. The highest BCUT2D eigenvalue weighted by Gasteiger charge is 2.21. The third-order valence-corrected chi connectivity index (χ3v) is 4.24. The van der Waals surface area contributed by atoms with Gasteiger partial charge in [-0.25, -0.2) is 9.78 Å². The minimum Gasteiger partial charge on any atom is -0.497 e. The summed E-state index contributed by atoms with van der Waals surface area (Å²) < 4.78 is 7.17. The molecule has 114 valence electrons. The van der Waals surface area contributed by atoms with Gasteiger partial charge < -0.3 is 14.4 Å². The van der Waals surface area contributed by atoms with Gasteiger partial charge in [0.15, 0.2) is 0 Å². The second kappa shape index (κ2) is 4.71. The number of carbonyl (C=O) groups is 1. The van der Waals surface area contributed by atoms with E-state index in [-0.39, 0.29) is 5.56 Å². The zero-order chi connectivity index (χ0) is 16.1. The van der Waals surface area contributed by atoms with Gasteiger partial charge in [-0.15, -0.1) is 0 Å². The zero-order valence-corrected chi connectivity index (χ0v) is 12.7. The molecule has 0 unspecified atom stereocenters. The van der Waals surface area contributed by atoms with Crippen molar-refractivity contribution in [1.29, 1.82) is 0 Å². The van der Waals surface area contributed by atoms with E-state index in [1.54, 1.807) is 25.3 Å². The van der Waals surface area contributed by atoms with Gasteiger partial charge in [0, 0.05) is 23.2 Å². The highest BCUT2D eigenvalue weighted by atomic mass is 16.5. The van der Waals surface area contributed by atoms with Gasteiger partial charge in [-0.2, -0.15) is 0 Å². The van der Waals surface area contributed by atoms with Crippen molar-refractivity contribution in [2.24, 2.45) is 7.05 Å². The molecule has 0 bridgehead atoms. The highest BCUT2D eigenvalue weighted by molar-refractivity contribution is 6.22. The minimum atomic E-state index is -0.966. The van der Waals surface area contributed by atoms with Crippen LogP contribution in [0.1, 0.15) is 10.4 Å². The molecule has 1 N–H and O–H groups in total. The Balaban J connectivity index is 2.33. The third-order valence-electron chi connectivity index (χ3n) is 4.24. The van der Waals surface area contributed by atoms with E-state index in [0.29, 0.717) is 27.7 Å². The first kappa shape index (κ1) is 13.6. The van der Waals surface area contributed by atoms with E-state index in [9.17, 15) is 9.90 Å². The number of hydrogen-bond donors (Lipinski definition) is 1. The molecule has 0 radical (unpaired) electrons. The van der Waals surface area contributed by atoms with E-state index >= 15 is 0 Å². The summed E-state index contributed by atoms with van der Waals surface area (Å²) in [6.07, 6.45) is 0. The number of pyridine rings is 1. The van der Waals surface area contributed by atoms with Gasteiger partial charge in [0.05, 0.1) is 23.7 Å². The molecular weight excluding hydrogens is 292 g/mol. The van der Waals surface area contributed by atoms with E-state index in [2.05, 4.69) is 4.98 Å². The molecule has 0 atom stereocenters. The van der Waals surface area contributed by atoms with E-state index in [1.807, 2.05) is 35.9 Å². The second-order valence-corrected chi connectivity index (χ2v) is 5.45. The predicted molar refractivity (Wildman–Crippen MR) is 89.2 cm³/mol. The monoisotopic (exact) mass is 306 g/mol. The number of aryl methyl sites for hydroxylation is 1. The van der Waals surface area contributed by atoms with Crippen LogP contribution >= 0.6 is 0 Å². The summed E-state index contributed by atoms with van der Waals surface area (Å²) in [5.41, 5.74) is 2.53. The minimum absolute atomic E-state index is 0.265. The summed E-state index contributed by atoms with van der Waals surface area (Å²) in [6.45, 7) is 0. The van der Waals surface area contributed by atoms with Gasteiger partial charge in [-0.05, 0) is 24.3 Å². The number of rotatable bonds is 2. The van der Waals surface area contributed by atoms with Crippen LogP contribution in [-0.2, 0) is 7.05 Å². The fourth-order valence-corrected chi connectivity index (χ4v) is 3.17. The molecule has 4 aromatic rings. The molecule has 2 aromatic carbocycles. The van der Waals surface area contributed by atoms with E-state index in [0.717, 1.165) is 10.9 Å². The number of carboxylic acids is 1. The van der Waals surface area contributed by atoms with E-state index < -0.39 is 5.97 Å². The lowest BCUT2D eigenvalue weighted by atomic mass is 10.0. The van der Waals surface area contributed by atoms with Crippen LogP contribution in [0.25, 0.3) is 32.8 Å². The van der Waals surface area contributed by atoms with Crippen LogP contribution in [0.5, 0.6) is 5.75 Å². The van der Waals surface area contributed by atoms with Gasteiger partial charge in [0.25, 0.3) is 0 Å². The number of hydrogen-bond acceptors (Lipinski definition) is 3. The smallest absolute Gasteiger partial charge is 0.337 e. The number of para-hydroxylation sites is 1. The number of benzene rings is 2. The van der Waals surface area contributed by atoms with Crippen molar-refractivity contribution in [1.82, 2.24) is 9.55 Å². The Labute approximate surface area is 131 Å². The Morgan fingerprint density at radius 2 is 1.96 bits per heavy atom. The van der Waals surface area contributed by atoms with Crippen LogP contribution in [0.4, 0.5) is 0 Å². The number of carboxylic acid groups (broad SMARTS) is 1. The Kier molecular flexibility index (Phi) is 2.78. The van der Waals surface area contributed by atoms with E-state index in [1.165, 1.54) is 0 Å². The van der Waals surface area contributed by atoms with Crippen molar-refractivity contribution in [2.75, 3.05) is 7.11 Å². The summed E-state index contributed by atoms with van der Waals surface area (Å²) in [4.78, 5) is 16.7. The summed E-state index contributed by atoms with van der Waals surface area (Å²) >= 11 is 0. The van der Waals surface area contributed by atoms with Crippen molar-refractivity contribution in [2.45, 2.75) is 0 Å². The fourth-order valence-electron chi connectivity index (χ4n) is 3.17. The first-order valence-electron chi connectivity index (χ1n) is 7.20. The maximum atomic E-state index is 12.0. The molecule has 5 heteroatoms. The van der Waals surface area contributed by atoms with Crippen molar-refractivity contribution in [3.63, 3.8) is 0 Å². The van der Waals surface area contributed by atoms with Crippen molar-refractivity contribution < 1.29 is 14.6 Å². The molecule has 23 heavy (non-hydrogen) atoms. The molecule has 0 saturated carbocycles. The van der Waals surface area contributed by atoms with Crippen LogP contribution < -0.4 is 4.74 Å². The van der Waals surface area contributed by atoms with Crippen molar-refractivity contribution in [3.8, 4) is 5.75 Å². The van der Waals surface area contributed by atoms with Crippen LogP contribution in [0.2, 0.25) is 0 Å². The van der Waals surface area contributed by atoms with Crippen LogP contribution in [0.3, 0.4) is 0 Å². The standard InChI is InChI=1S/C18H14N2O3/c1-20-14-6-4-3-5-11(14)15-16(18(21)22)12-9-10(23-2)7-8-13(12)19-17(15)20/h3-9H,1-2H3,(H,21,22). The number of aromatic carboxylic acids is 1. The quantitative estimate of drug-likeness (QED) is 0.614. The summed E-state index contributed by atoms with van der Waals surface area (Å²) in [6, 6.07) is 13.0. The Morgan fingerprint density at radius 3 is 2.70 bits per heavy atom. The molecule has 0 aliphatic carbocycles. The molecule has 0 aliphatic rings. The average molecular weight is 306 g/mol. The lowest BCUT2D eigenvalue weighted by Gasteiger charge is -2.07. The van der Waals surface area contributed by atoms with Gasteiger partial charge >= 0.3 is 5.97 Å². The molecule has 2 heterocycles. The molecule has 0 fully saturated rings. The number of methoxy groups -OCH3 is 1. The lowest BCUT2D eigenvalue weighted by molar-refractivity contribution is 0.0701. The molecule has 0 aliphatic heterocycles. The molecule has 2 aromatic heterocycles. The Morgan fingerprint density at radius 1 is 1.17 bits per heavy atom. The second-order valence-electron chi connectivity index (χ2n) is 5.45. The van der Waals surface area contributed by atoms with Gasteiger partial charge in [-0.3, -0.25) is 0 Å². The van der Waals surface area contributed by atoms with E-state index in [4.69, 9.17) is 4.74 Å². The van der Waals surface area contributed by atoms with Gasteiger partial charge in [0.1, 0.15) is 11.4 Å². The Hall–Kier alpha value is -3.08. The van der Waals surface area contributed by atoms with Crippen LogP contribution in [-0.4, -0.2) is 27.7 Å². The normalized spacial score (nSPS) is 11.4. The molecule has 0 amide bonds. The predicted octanol–water partition coefficient (Wildman–Crippen LogP) is 3.59. The fraction of sp³-hybridized carbons (Fsp3) is 0.111.